The van der Waals surface area contributed by atoms with Crippen molar-refractivity contribution in [1.82, 2.24) is 14.2 Å². The number of carbonyl (C=O) groups excluding carboxylic acids is 2. The molecule has 0 radical (unpaired) electrons. The van der Waals surface area contributed by atoms with Gasteiger partial charge in [0.1, 0.15) is 5.69 Å². The zero-order valence-electron chi connectivity index (χ0n) is 16.7. The summed E-state index contributed by atoms with van der Waals surface area (Å²) in [4.78, 5) is 30.2. The van der Waals surface area contributed by atoms with E-state index in [1.54, 1.807) is 36.4 Å². The zero-order valence-corrected chi connectivity index (χ0v) is 17.5. The molecule has 0 saturated carbocycles. The smallest absolute Gasteiger partial charge is 0.273 e. The summed E-state index contributed by atoms with van der Waals surface area (Å²) in [7, 11) is -3.52. The van der Waals surface area contributed by atoms with Crippen LogP contribution in [0.2, 0.25) is 0 Å². The van der Waals surface area contributed by atoms with E-state index < -0.39 is 10.0 Å². The number of rotatable bonds is 9. The van der Waals surface area contributed by atoms with Crippen LogP contribution in [0.25, 0.3) is 0 Å². The summed E-state index contributed by atoms with van der Waals surface area (Å²) < 4.78 is 27.2. The Morgan fingerprint density at radius 2 is 1.62 bits per heavy atom. The molecule has 2 amide bonds. The first-order valence-electron chi connectivity index (χ1n) is 9.80. The highest BCUT2D eigenvalue weighted by molar-refractivity contribution is 7.89. The van der Waals surface area contributed by atoms with Crippen LogP contribution in [0.4, 0.5) is 0 Å². The van der Waals surface area contributed by atoms with E-state index in [0.29, 0.717) is 25.1 Å². The molecule has 0 bridgehead atoms. The second kappa shape index (κ2) is 8.84. The van der Waals surface area contributed by atoms with Crippen LogP contribution in [0.15, 0.2) is 47.5 Å². The number of hydrogen-bond acceptors (Lipinski definition) is 5. The molecular weight excluding hydrogens is 390 g/mol. The summed E-state index contributed by atoms with van der Waals surface area (Å²) >= 11 is 0. The summed E-state index contributed by atoms with van der Waals surface area (Å²) in [5.74, 6) is -0.730. The predicted octanol–water partition coefficient (Wildman–Crippen LogP) is 2.73. The van der Waals surface area contributed by atoms with Gasteiger partial charge in [-0.25, -0.2) is 8.42 Å². The van der Waals surface area contributed by atoms with Gasteiger partial charge in [0.2, 0.25) is 10.0 Å². The van der Waals surface area contributed by atoms with Gasteiger partial charge in [-0.1, -0.05) is 26.0 Å². The first kappa shape index (κ1) is 21.1. The van der Waals surface area contributed by atoms with Crippen molar-refractivity contribution >= 4 is 21.8 Å². The average Bonchev–Trinajstić information content (AvgIpc) is 2.97. The van der Waals surface area contributed by atoms with Crippen LogP contribution in [0.5, 0.6) is 0 Å². The molecule has 1 aliphatic rings. The number of pyridine rings is 1. The normalized spacial score (nSPS) is 14.0. The van der Waals surface area contributed by atoms with Gasteiger partial charge in [-0.15, -0.1) is 0 Å². The van der Waals surface area contributed by atoms with Crippen molar-refractivity contribution in [3.05, 3.63) is 59.4 Å². The van der Waals surface area contributed by atoms with Gasteiger partial charge in [-0.3, -0.25) is 19.5 Å². The minimum atomic E-state index is -3.52. The van der Waals surface area contributed by atoms with E-state index in [2.05, 4.69) is 4.98 Å². The fourth-order valence-corrected chi connectivity index (χ4v) is 5.01. The van der Waals surface area contributed by atoms with Crippen molar-refractivity contribution in [3.63, 3.8) is 0 Å². The maximum absolute atomic E-state index is 12.8. The Morgan fingerprint density at radius 3 is 2.21 bits per heavy atom. The van der Waals surface area contributed by atoms with Gasteiger partial charge < -0.3 is 0 Å². The molecule has 154 valence electrons. The summed E-state index contributed by atoms with van der Waals surface area (Å²) in [6.45, 7) is 5.11. The molecule has 1 aromatic carbocycles. The summed E-state index contributed by atoms with van der Waals surface area (Å²) in [6.07, 6.45) is 3.45. The molecule has 2 heterocycles. The molecule has 0 atom stereocenters. The second-order valence-electron chi connectivity index (χ2n) is 6.96. The largest absolute Gasteiger partial charge is 0.280 e. The number of carbonyl (C=O) groups is 2. The molecule has 0 saturated heterocycles. The van der Waals surface area contributed by atoms with Crippen LogP contribution in [0.1, 0.15) is 53.1 Å². The molecule has 3 rings (SSSR count). The number of fused-ring (bicyclic) bond motifs is 1. The van der Waals surface area contributed by atoms with Crippen LogP contribution in [-0.4, -0.2) is 54.1 Å². The zero-order chi connectivity index (χ0) is 21.0. The minimum absolute atomic E-state index is 0.186. The van der Waals surface area contributed by atoms with Gasteiger partial charge in [0, 0.05) is 25.8 Å². The highest BCUT2D eigenvalue weighted by atomic mass is 32.2. The topological polar surface area (TPSA) is 87.7 Å². The molecule has 8 heteroatoms. The van der Waals surface area contributed by atoms with E-state index in [-0.39, 0.29) is 28.9 Å². The minimum Gasteiger partial charge on any atom is -0.273 e. The third-order valence-corrected chi connectivity index (χ3v) is 6.78. The van der Waals surface area contributed by atoms with E-state index >= 15 is 0 Å². The maximum atomic E-state index is 12.8. The molecule has 2 aromatic rings. The van der Waals surface area contributed by atoms with Crippen molar-refractivity contribution in [2.45, 2.75) is 38.0 Å². The quantitative estimate of drug-likeness (QED) is 0.588. The van der Waals surface area contributed by atoms with Crippen LogP contribution < -0.4 is 0 Å². The van der Waals surface area contributed by atoms with Crippen molar-refractivity contribution in [1.29, 1.82) is 0 Å². The molecule has 0 unspecified atom stereocenters. The number of benzene rings is 1. The second-order valence-corrected chi connectivity index (χ2v) is 8.90. The van der Waals surface area contributed by atoms with Crippen LogP contribution >= 0.6 is 0 Å². The molecule has 1 aromatic heterocycles. The number of nitrogens with zero attached hydrogens (tertiary/aromatic N) is 3. The molecule has 0 fully saturated rings. The fraction of sp³-hybridized carbons (Fsp3) is 0.381. The van der Waals surface area contributed by atoms with E-state index in [9.17, 15) is 18.0 Å². The SMILES string of the molecule is CCCN(CCC)S(=O)(=O)c1ccc(CCN2C(=O)c3cccnc3C2=O)cc1. The first-order chi connectivity index (χ1) is 13.9. The Balaban J connectivity index is 1.69. The Hall–Kier alpha value is -2.58. The van der Waals surface area contributed by atoms with E-state index in [1.807, 2.05) is 13.8 Å². The molecule has 7 nitrogen and oxygen atoms in total. The molecule has 29 heavy (non-hydrogen) atoms. The monoisotopic (exact) mass is 415 g/mol. The lowest BCUT2D eigenvalue weighted by molar-refractivity contribution is 0.0654. The highest BCUT2D eigenvalue weighted by Crippen LogP contribution is 2.22. The van der Waals surface area contributed by atoms with Gasteiger partial charge in [0.05, 0.1) is 10.5 Å². The average molecular weight is 416 g/mol. The van der Waals surface area contributed by atoms with Crippen molar-refractivity contribution in [2.75, 3.05) is 19.6 Å². The summed E-state index contributed by atoms with van der Waals surface area (Å²) in [5.41, 5.74) is 1.36. The maximum Gasteiger partial charge on any atom is 0.280 e. The van der Waals surface area contributed by atoms with Gasteiger partial charge in [-0.05, 0) is 49.1 Å². The Bertz CT molecular complexity index is 962. The fourth-order valence-electron chi connectivity index (χ4n) is 3.39. The summed E-state index contributed by atoms with van der Waals surface area (Å²) in [6, 6.07) is 9.88. The molecule has 1 aliphatic heterocycles. The van der Waals surface area contributed by atoms with Gasteiger partial charge in [-0.2, -0.15) is 4.31 Å². The van der Waals surface area contributed by atoms with E-state index in [4.69, 9.17) is 0 Å². The van der Waals surface area contributed by atoms with Gasteiger partial charge in [0.25, 0.3) is 11.8 Å². The Kier molecular flexibility index (Phi) is 6.44. The first-order valence-corrected chi connectivity index (χ1v) is 11.2. The highest BCUT2D eigenvalue weighted by Gasteiger charge is 2.36. The molecule has 0 spiro atoms. The third-order valence-electron chi connectivity index (χ3n) is 4.86. The number of amides is 2. The molecular formula is C21H25N3O4S. The lowest BCUT2D eigenvalue weighted by Gasteiger charge is -2.21. The lowest BCUT2D eigenvalue weighted by atomic mass is 10.1. The third kappa shape index (κ3) is 4.23. The van der Waals surface area contributed by atoms with E-state index in [1.165, 1.54) is 15.4 Å². The summed E-state index contributed by atoms with van der Waals surface area (Å²) in [5, 5.41) is 0. The lowest BCUT2D eigenvalue weighted by Crippen LogP contribution is -2.32. The van der Waals surface area contributed by atoms with Crippen molar-refractivity contribution in [3.8, 4) is 0 Å². The van der Waals surface area contributed by atoms with Crippen LogP contribution in [0, 0.1) is 0 Å². The van der Waals surface area contributed by atoms with E-state index in [0.717, 1.165) is 18.4 Å². The molecule has 0 N–H and O–H groups in total. The Morgan fingerprint density at radius 1 is 0.966 bits per heavy atom. The number of hydrogen-bond donors (Lipinski definition) is 0. The predicted molar refractivity (Wildman–Crippen MR) is 109 cm³/mol. The number of imide groups is 1. The van der Waals surface area contributed by atoms with Gasteiger partial charge in [0.15, 0.2) is 0 Å². The molecule has 0 aliphatic carbocycles. The van der Waals surface area contributed by atoms with Crippen molar-refractivity contribution in [2.24, 2.45) is 0 Å². The number of aromatic nitrogens is 1. The van der Waals surface area contributed by atoms with Crippen LogP contribution in [-0.2, 0) is 16.4 Å². The number of sulfonamides is 1. The van der Waals surface area contributed by atoms with Crippen LogP contribution in [0.3, 0.4) is 0 Å². The van der Waals surface area contributed by atoms with Gasteiger partial charge >= 0.3 is 0 Å². The standard InChI is InChI=1S/C21H25N3O4S/c1-3-13-23(14-4-2)29(27,28)17-9-7-16(8-10-17)11-15-24-20(25)18-6-5-12-22-19(18)21(24)26/h5-10,12H,3-4,11,13-15H2,1-2H3. The van der Waals surface area contributed by atoms with Crippen molar-refractivity contribution < 1.29 is 18.0 Å². The Labute approximate surface area is 171 Å².